The maximum Gasteiger partial charge on any atom is 0.263 e. The van der Waals surface area contributed by atoms with Crippen LogP contribution in [0.5, 0.6) is 5.75 Å². The number of ether oxygens (including phenoxy) is 1. The highest BCUT2D eigenvalue weighted by atomic mass is 16.5. The number of carbonyl (C=O) groups excluding carboxylic acids is 3. The highest BCUT2D eigenvalue weighted by Gasteiger charge is 2.29. The van der Waals surface area contributed by atoms with Gasteiger partial charge in [-0.05, 0) is 59.9 Å². The average Bonchev–Trinajstić information content (AvgIpc) is 2.91. The number of Topliss-reactive ketones (excluding diaryl/α,β-unsaturated/α-hetero) is 1. The molecule has 6 nitrogen and oxygen atoms in total. The molecule has 0 aromatic heterocycles. The van der Waals surface area contributed by atoms with Crippen LogP contribution in [0.2, 0.25) is 0 Å². The van der Waals surface area contributed by atoms with Crippen LogP contribution in [0.25, 0.3) is 0 Å². The normalized spacial score (nSPS) is 12.5. The maximum absolute atomic E-state index is 12.7. The molecule has 3 N–H and O–H groups in total. The number of hydrogen-bond donors (Lipinski definition) is 2. The molecular weight excluding hydrogens is 500 g/mol. The number of anilines is 1. The molecule has 2 amide bonds. The molecule has 3 aromatic carbocycles. The summed E-state index contributed by atoms with van der Waals surface area (Å²) in [5.74, 6) is -0.741. The van der Waals surface area contributed by atoms with E-state index in [0.717, 1.165) is 24.0 Å². The van der Waals surface area contributed by atoms with Crippen LogP contribution in [-0.2, 0) is 20.4 Å². The largest absolute Gasteiger partial charge is 0.476 e. The lowest BCUT2D eigenvalue weighted by atomic mass is 9.76. The summed E-state index contributed by atoms with van der Waals surface area (Å²) in [6.07, 6.45) is 0.504. The maximum atomic E-state index is 12.7. The minimum absolute atomic E-state index is 0.00663. The van der Waals surface area contributed by atoms with Crippen molar-refractivity contribution < 1.29 is 19.1 Å². The number of nitrogens with two attached hydrogens (primary N) is 1. The van der Waals surface area contributed by atoms with Gasteiger partial charge in [0.15, 0.2) is 5.78 Å². The molecule has 3 rings (SSSR count). The molecule has 0 saturated heterocycles. The van der Waals surface area contributed by atoms with Gasteiger partial charge in [0.05, 0.1) is 6.42 Å². The summed E-state index contributed by atoms with van der Waals surface area (Å²) in [7, 11) is 0. The Bertz CT molecular complexity index is 1390. The number of ketones is 1. The fourth-order valence-electron chi connectivity index (χ4n) is 4.51. The van der Waals surface area contributed by atoms with Gasteiger partial charge in [-0.25, -0.2) is 0 Å². The fraction of sp³-hybridized carbons (Fsp3) is 0.382. The van der Waals surface area contributed by atoms with E-state index in [1.165, 1.54) is 5.56 Å². The van der Waals surface area contributed by atoms with Crippen LogP contribution in [0, 0.1) is 6.92 Å². The zero-order valence-corrected chi connectivity index (χ0v) is 24.8. The van der Waals surface area contributed by atoms with E-state index in [2.05, 4.69) is 52.9 Å². The summed E-state index contributed by atoms with van der Waals surface area (Å²) in [6, 6.07) is 20.1. The van der Waals surface area contributed by atoms with Gasteiger partial charge in [0.25, 0.3) is 5.91 Å². The minimum Gasteiger partial charge on any atom is -0.476 e. The molecule has 0 spiro atoms. The van der Waals surface area contributed by atoms with Crippen molar-refractivity contribution in [2.75, 3.05) is 5.32 Å². The summed E-state index contributed by atoms with van der Waals surface area (Å²) in [5, 5.41) is 2.77. The molecule has 0 heterocycles. The Hall–Kier alpha value is -3.93. The number of nitrogens with one attached hydrogen (secondary N) is 1. The van der Waals surface area contributed by atoms with Gasteiger partial charge in [-0.1, -0.05) is 90.1 Å². The van der Waals surface area contributed by atoms with Gasteiger partial charge >= 0.3 is 0 Å². The van der Waals surface area contributed by atoms with Gasteiger partial charge in [0, 0.05) is 22.4 Å². The van der Waals surface area contributed by atoms with Crippen molar-refractivity contribution in [3.63, 3.8) is 0 Å². The topological polar surface area (TPSA) is 98.5 Å². The molecule has 0 saturated carbocycles. The number of primary amides is 1. The van der Waals surface area contributed by atoms with Crippen LogP contribution < -0.4 is 15.8 Å². The van der Waals surface area contributed by atoms with Crippen LogP contribution in [0.3, 0.4) is 0 Å². The van der Waals surface area contributed by atoms with E-state index in [1.807, 2.05) is 31.2 Å². The van der Waals surface area contributed by atoms with Crippen LogP contribution in [0.1, 0.15) is 99.5 Å². The molecule has 0 fully saturated rings. The Morgan fingerprint density at radius 2 is 1.55 bits per heavy atom. The average molecular weight is 543 g/mol. The number of benzene rings is 3. The standard InChI is InChI=1S/C34H42N2O4/c1-8-33(4,5)24-17-18-29(27(20-24)34(6,7)9-2)40-31(32(35)39)23-14-12-15-25(19-23)36-30(38)21-28(37)26-16-11-10-13-22(26)3/h10-20,31H,8-9,21H2,1-7H3,(H2,35,39)(H,36,38). The first-order valence-corrected chi connectivity index (χ1v) is 13.9. The summed E-state index contributed by atoms with van der Waals surface area (Å²) in [5.41, 5.74) is 10.1. The van der Waals surface area contributed by atoms with E-state index in [1.54, 1.807) is 36.4 Å². The zero-order chi connectivity index (χ0) is 29.7. The molecule has 6 heteroatoms. The van der Waals surface area contributed by atoms with E-state index < -0.39 is 17.9 Å². The second kappa shape index (κ2) is 12.5. The first kappa shape index (κ1) is 30.6. The number of amides is 2. The molecule has 0 bridgehead atoms. The van der Waals surface area contributed by atoms with Gasteiger partial charge in [-0.15, -0.1) is 0 Å². The van der Waals surface area contributed by atoms with E-state index in [-0.39, 0.29) is 23.0 Å². The highest BCUT2D eigenvalue weighted by molar-refractivity contribution is 6.11. The predicted molar refractivity (Wildman–Crippen MR) is 161 cm³/mol. The Morgan fingerprint density at radius 1 is 0.875 bits per heavy atom. The Morgan fingerprint density at radius 3 is 2.17 bits per heavy atom. The molecule has 1 atom stereocenters. The number of aryl methyl sites for hydroxylation is 1. The molecule has 0 aliphatic rings. The van der Waals surface area contributed by atoms with Crippen molar-refractivity contribution in [2.24, 2.45) is 5.73 Å². The smallest absolute Gasteiger partial charge is 0.263 e. The second-order valence-electron chi connectivity index (χ2n) is 11.7. The third-order valence-corrected chi connectivity index (χ3v) is 8.00. The van der Waals surface area contributed by atoms with Crippen LogP contribution in [0.4, 0.5) is 5.69 Å². The molecule has 0 radical (unpaired) electrons. The third kappa shape index (κ3) is 7.17. The van der Waals surface area contributed by atoms with E-state index in [0.29, 0.717) is 22.6 Å². The van der Waals surface area contributed by atoms with Crippen molar-refractivity contribution in [1.82, 2.24) is 0 Å². The van der Waals surface area contributed by atoms with E-state index in [4.69, 9.17) is 10.5 Å². The lowest BCUT2D eigenvalue weighted by Gasteiger charge is -2.31. The van der Waals surface area contributed by atoms with Gasteiger partial charge in [-0.2, -0.15) is 0 Å². The molecule has 40 heavy (non-hydrogen) atoms. The number of hydrogen-bond acceptors (Lipinski definition) is 4. The molecule has 212 valence electrons. The zero-order valence-electron chi connectivity index (χ0n) is 24.8. The van der Waals surface area contributed by atoms with Gasteiger partial charge in [0.1, 0.15) is 5.75 Å². The molecule has 3 aromatic rings. The van der Waals surface area contributed by atoms with Crippen LogP contribution >= 0.6 is 0 Å². The molecule has 0 aliphatic carbocycles. The quantitative estimate of drug-likeness (QED) is 0.187. The lowest BCUT2D eigenvalue weighted by molar-refractivity contribution is -0.125. The number of carbonyl (C=O) groups is 3. The Balaban J connectivity index is 1.87. The minimum atomic E-state index is -1.07. The Labute approximate surface area is 238 Å². The summed E-state index contributed by atoms with van der Waals surface area (Å²) >= 11 is 0. The summed E-state index contributed by atoms with van der Waals surface area (Å²) < 4.78 is 6.34. The first-order valence-electron chi connectivity index (χ1n) is 13.9. The van der Waals surface area contributed by atoms with Crippen LogP contribution in [0.15, 0.2) is 66.7 Å². The van der Waals surface area contributed by atoms with E-state index >= 15 is 0 Å². The van der Waals surface area contributed by atoms with Gasteiger partial charge in [0.2, 0.25) is 12.0 Å². The molecular formula is C34H42N2O4. The second-order valence-corrected chi connectivity index (χ2v) is 11.7. The fourth-order valence-corrected chi connectivity index (χ4v) is 4.51. The predicted octanol–water partition coefficient (Wildman–Crippen LogP) is 7.19. The van der Waals surface area contributed by atoms with Gasteiger partial charge in [-0.3, -0.25) is 14.4 Å². The van der Waals surface area contributed by atoms with Crippen molar-refractivity contribution in [1.29, 1.82) is 0 Å². The van der Waals surface area contributed by atoms with Crippen molar-refractivity contribution in [3.8, 4) is 5.75 Å². The third-order valence-electron chi connectivity index (χ3n) is 8.00. The summed E-state index contributed by atoms with van der Waals surface area (Å²) in [4.78, 5) is 38.0. The number of rotatable bonds is 12. The van der Waals surface area contributed by atoms with Crippen molar-refractivity contribution in [3.05, 3.63) is 94.5 Å². The molecule has 1 unspecified atom stereocenters. The van der Waals surface area contributed by atoms with Crippen LogP contribution in [-0.4, -0.2) is 17.6 Å². The van der Waals surface area contributed by atoms with E-state index in [9.17, 15) is 14.4 Å². The summed E-state index contributed by atoms with van der Waals surface area (Å²) in [6.45, 7) is 14.9. The lowest BCUT2D eigenvalue weighted by Crippen LogP contribution is -2.28. The van der Waals surface area contributed by atoms with Gasteiger partial charge < -0.3 is 15.8 Å². The first-order chi connectivity index (χ1) is 18.8. The van der Waals surface area contributed by atoms with Crippen molar-refractivity contribution in [2.45, 2.75) is 84.7 Å². The Kier molecular flexibility index (Phi) is 9.56. The monoisotopic (exact) mass is 542 g/mol. The SMILES string of the molecule is CCC(C)(C)c1ccc(OC(C(N)=O)c2cccc(NC(=O)CC(=O)c3ccccc3C)c2)c(C(C)(C)CC)c1. The molecule has 0 aliphatic heterocycles. The van der Waals surface area contributed by atoms with Crippen molar-refractivity contribution >= 4 is 23.3 Å². The highest BCUT2D eigenvalue weighted by Crippen LogP contribution is 2.40.